The molecule has 0 spiro atoms. The second kappa shape index (κ2) is 7.96. The van der Waals surface area contributed by atoms with E-state index in [-0.39, 0.29) is 11.3 Å². The lowest BCUT2D eigenvalue weighted by Crippen LogP contribution is -2.30. The van der Waals surface area contributed by atoms with Gasteiger partial charge in [0.25, 0.3) is 5.91 Å². The van der Waals surface area contributed by atoms with Gasteiger partial charge in [0.05, 0.1) is 22.5 Å². The number of nitrogens with zero attached hydrogens (tertiary/aromatic N) is 1. The number of halogens is 6. The van der Waals surface area contributed by atoms with Gasteiger partial charge >= 0.3 is 12.4 Å². The summed E-state index contributed by atoms with van der Waals surface area (Å²) in [5.41, 5.74) is -1.48. The van der Waals surface area contributed by atoms with Crippen molar-refractivity contribution in [1.82, 2.24) is 0 Å². The summed E-state index contributed by atoms with van der Waals surface area (Å²) in [7, 11) is 0. The summed E-state index contributed by atoms with van der Waals surface area (Å²) < 4.78 is 77.4. The molecule has 156 valence electrons. The lowest BCUT2D eigenvalue weighted by atomic mass is 10.1. The molecule has 9 heteroatoms. The third kappa shape index (κ3) is 5.02. The Bertz CT molecular complexity index is 868. The third-order valence-electron chi connectivity index (χ3n) is 4.74. The van der Waals surface area contributed by atoms with Crippen LogP contribution in [0.4, 0.5) is 37.7 Å². The molecular weight excluding hydrogens is 398 g/mol. The fourth-order valence-electron chi connectivity index (χ4n) is 3.23. The van der Waals surface area contributed by atoms with Crippen LogP contribution in [0, 0.1) is 0 Å². The summed E-state index contributed by atoms with van der Waals surface area (Å²) >= 11 is 0. The number of alkyl halides is 6. The van der Waals surface area contributed by atoms with Crippen LogP contribution in [0.25, 0.3) is 0 Å². The van der Waals surface area contributed by atoms with Crippen molar-refractivity contribution in [3.63, 3.8) is 0 Å². The topological polar surface area (TPSA) is 32.3 Å². The fourth-order valence-corrected chi connectivity index (χ4v) is 3.23. The molecular formula is C20H18F6N2O. The second-order valence-corrected chi connectivity index (χ2v) is 6.81. The third-order valence-corrected chi connectivity index (χ3v) is 4.74. The Morgan fingerprint density at radius 3 is 1.90 bits per heavy atom. The van der Waals surface area contributed by atoms with Crippen LogP contribution in [-0.2, 0) is 12.4 Å². The first-order valence-corrected chi connectivity index (χ1v) is 9.00. The van der Waals surface area contributed by atoms with Gasteiger partial charge in [-0.15, -0.1) is 0 Å². The normalized spacial score (nSPS) is 15.3. The Kier molecular flexibility index (Phi) is 5.77. The van der Waals surface area contributed by atoms with Gasteiger partial charge in [0, 0.05) is 18.7 Å². The molecule has 0 atom stereocenters. The molecule has 0 unspecified atom stereocenters. The first kappa shape index (κ1) is 21.0. The highest BCUT2D eigenvalue weighted by molar-refractivity contribution is 6.06. The van der Waals surface area contributed by atoms with Crippen LogP contribution < -0.4 is 10.2 Å². The lowest BCUT2D eigenvalue weighted by molar-refractivity contribution is -0.138. The number of piperidine rings is 1. The maximum absolute atomic E-state index is 13.1. The molecule has 0 saturated carbocycles. The van der Waals surface area contributed by atoms with Crippen LogP contribution in [0.2, 0.25) is 0 Å². The van der Waals surface area contributed by atoms with E-state index in [9.17, 15) is 31.1 Å². The van der Waals surface area contributed by atoms with Gasteiger partial charge in [0.2, 0.25) is 0 Å². The highest BCUT2D eigenvalue weighted by Crippen LogP contribution is 2.36. The minimum Gasteiger partial charge on any atom is -0.370 e. The number of hydrogen-bond acceptors (Lipinski definition) is 2. The van der Waals surface area contributed by atoms with Gasteiger partial charge in [-0.1, -0.05) is 0 Å². The summed E-state index contributed by atoms with van der Waals surface area (Å²) in [6.07, 6.45) is -6.35. The van der Waals surface area contributed by atoms with Gasteiger partial charge in [0.1, 0.15) is 0 Å². The van der Waals surface area contributed by atoms with Crippen molar-refractivity contribution in [2.45, 2.75) is 31.6 Å². The standard InChI is InChI=1S/C20H18F6N2O/c21-19(22,23)14-6-4-13(5-7-14)18(29)27-16-12-15(20(24,25)26)8-9-17(16)28-10-2-1-3-11-28/h4-9,12H,1-3,10-11H2,(H,27,29). The van der Waals surface area contributed by atoms with E-state index in [2.05, 4.69) is 5.32 Å². The number of carbonyl (C=O) groups excluding carboxylic acids is 1. The predicted molar refractivity (Wildman–Crippen MR) is 96.9 cm³/mol. The molecule has 3 nitrogen and oxygen atoms in total. The molecule has 2 aromatic rings. The number of nitrogens with one attached hydrogen (secondary N) is 1. The van der Waals surface area contributed by atoms with Crippen molar-refractivity contribution in [2.75, 3.05) is 23.3 Å². The van der Waals surface area contributed by atoms with E-state index in [4.69, 9.17) is 0 Å². The number of amides is 1. The fraction of sp³-hybridized carbons (Fsp3) is 0.350. The average molecular weight is 416 g/mol. The second-order valence-electron chi connectivity index (χ2n) is 6.81. The van der Waals surface area contributed by atoms with Gasteiger partial charge in [0.15, 0.2) is 0 Å². The molecule has 1 aliphatic rings. The Morgan fingerprint density at radius 2 is 1.34 bits per heavy atom. The largest absolute Gasteiger partial charge is 0.416 e. The van der Waals surface area contributed by atoms with E-state index in [0.717, 1.165) is 55.7 Å². The summed E-state index contributed by atoms with van der Waals surface area (Å²) in [4.78, 5) is 14.4. The Labute approximate surface area is 163 Å². The lowest BCUT2D eigenvalue weighted by Gasteiger charge is -2.31. The number of rotatable bonds is 3. The van der Waals surface area contributed by atoms with Crippen LogP contribution in [0.15, 0.2) is 42.5 Å². The van der Waals surface area contributed by atoms with Gasteiger partial charge < -0.3 is 10.2 Å². The van der Waals surface area contributed by atoms with Crippen LogP contribution in [0.5, 0.6) is 0 Å². The molecule has 1 fully saturated rings. The van der Waals surface area contributed by atoms with Gasteiger partial charge in [-0.05, 0) is 61.7 Å². The molecule has 2 aromatic carbocycles. The van der Waals surface area contributed by atoms with Gasteiger partial charge in [-0.2, -0.15) is 26.3 Å². The Balaban J connectivity index is 1.90. The van der Waals surface area contributed by atoms with E-state index in [1.54, 1.807) is 0 Å². The minimum absolute atomic E-state index is 0.0216. The molecule has 1 heterocycles. The van der Waals surface area contributed by atoms with Crippen LogP contribution in [-0.4, -0.2) is 19.0 Å². The number of anilines is 2. The zero-order valence-corrected chi connectivity index (χ0v) is 15.2. The first-order valence-electron chi connectivity index (χ1n) is 9.00. The molecule has 0 aliphatic carbocycles. The molecule has 0 bridgehead atoms. The molecule has 3 rings (SSSR count). The molecule has 1 N–H and O–H groups in total. The van der Waals surface area contributed by atoms with E-state index < -0.39 is 29.4 Å². The SMILES string of the molecule is O=C(Nc1cc(C(F)(F)F)ccc1N1CCCCC1)c1ccc(C(F)(F)F)cc1. The average Bonchev–Trinajstić information content (AvgIpc) is 2.67. The quantitative estimate of drug-likeness (QED) is 0.626. The smallest absolute Gasteiger partial charge is 0.370 e. The van der Waals surface area contributed by atoms with Crippen molar-refractivity contribution >= 4 is 17.3 Å². The van der Waals surface area contributed by atoms with Crippen LogP contribution >= 0.6 is 0 Å². The summed E-state index contributed by atoms with van der Waals surface area (Å²) in [6, 6.07) is 6.62. The Morgan fingerprint density at radius 1 is 0.793 bits per heavy atom. The number of carbonyl (C=O) groups is 1. The van der Waals surface area contributed by atoms with Gasteiger partial charge in [-0.25, -0.2) is 0 Å². The van der Waals surface area contributed by atoms with E-state index in [1.165, 1.54) is 6.07 Å². The van der Waals surface area contributed by atoms with E-state index >= 15 is 0 Å². The van der Waals surface area contributed by atoms with Crippen molar-refractivity contribution in [3.05, 3.63) is 59.2 Å². The highest BCUT2D eigenvalue weighted by atomic mass is 19.4. The zero-order valence-electron chi connectivity index (χ0n) is 15.2. The van der Waals surface area contributed by atoms with Gasteiger partial charge in [-0.3, -0.25) is 4.79 Å². The summed E-state index contributed by atoms with van der Waals surface area (Å²) in [5.74, 6) is -0.781. The molecule has 0 aromatic heterocycles. The van der Waals surface area contributed by atoms with Crippen molar-refractivity contribution < 1.29 is 31.1 Å². The van der Waals surface area contributed by atoms with E-state index in [0.29, 0.717) is 18.8 Å². The highest BCUT2D eigenvalue weighted by Gasteiger charge is 2.32. The van der Waals surface area contributed by atoms with Crippen molar-refractivity contribution in [3.8, 4) is 0 Å². The molecule has 1 amide bonds. The van der Waals surface area contributed by atoms with Crippen molar-refractivity contribution in [1.29, 1.82) is 0 Å². The number of hydrogen-bond donors (Lipinski definition) is 1. The molecule has 1 saturated heterocycles. The Hall–Kier alpha value is -2.71. The maximum atomic E-state index is 13.1. The van der Waals surface area contributed by atoms with Crippen LogP contribution in [0.1, 0.15) is 40.7 Å². The maximum Gasteiger partial charge on any atom is 0.416 e. The van der Waals surface area contributed by atoms with Crippen LogP contribution in [0.3, 0.4) is 0 Å². The first-order chi connectivity index (χ1) is 13.6. The summed E-state index contributed by atoms with van der Waals surface area (Å²) in [5, 5.41) is 2.43. The minimum atomic E-state index is -4.59. The predicted octanol–water partition coefficient (Wildman–Crippen LogP) is 5.97. The monoisotopic (exact) mass is 416 g/mol. The number of benzene rings is 2. The zero-order chi connectivity index (χ0) is 21.2. The van der Waals surface area contributed by atoms with E-state index in [1.807, 2.05) is 4.90 Å². The molecule has 29 heavy (non-hydrogen) atoms. The summed E-state index contributed by atoms with van der Waals surface area (Å²) in [6.45, 7) is 1.29. The molecule has 1 aliphatic heterocycles. The molecule has 0 radical (unpaired) electrons. The van der Waals surface area contributed by atoms with Crippen molar-refractivity contribution in [2.24, 2.45) is 0 Å².